The van der Waals surface area contributed by atoms with Gasteiger partial charge in [0.25, 0.3) is 5.91 Å². The van der Waals surface area contributed by atoms with Crippen LogP contribution in [-0.4, -0.2) is 245 Å². The smallest absolute Gasteiger partial charge is 0.323 e. The Bertz CT molecular complexity index is 3400. The van der Waals surface area contributed by atoms with E-state index in [4.69, 9.17) is 18.9 Å². The van der Waals surface area contributed by atoms with Crippen molar-refractivity contribution < 1.29 is 66.3 Å². The number of aromatic amines is 1. The highest BCUT2D eigenvalue weighted by atomic mass is 32.2. The molecule has 0 bridgehead atoms. The minimum absolute atomic E-state index is 0.0678. The number of pyridine rings is 1. The molecule has 28 nitrogen and oxygen atoms in total. The molecule has 0 spiro atoms. The van der Waals surface area contributed by atoms with E-state index in [-0.39, 0.29) is 70.8 Å². The molecule has 0 radical (unpaired) electrons. The molecule has 4 amide bonds. The Balaban J connectivity index is 0.807. The number of carboxylic acids is 2. The number of sulfonamides is 1. The number of ether oxygens (including phenoxy) is 4. The molecule has 516 valence electrons. The minimum atomic E-state index is -4.46. The number of nitrogens with one attached hydrogen (secondary N) is 7. The lowest BCUT2D eigenvalue weighted by Gasteiger charge is -2.32. The number of hydrogen-bond acceptors (Lipinski definition) is 19. The monoisotopic (exact) mass is 1330 g/mol. The number of aliphatic carboxylic acids is 2. The van der Waals surface area contributed by atoms with Crippen molar-refractivity contribution in [2.45, 2.75) is 83.3 Å². The Morgan fingerprint density at radius 3 is 1.93 bits per heavy atom. The number of hydrogen-bond donors (Lipinski definition) is 9. The first kappa shape index (κ1) is 75.2. The standard InChI is InChI=1S/C65H95N13O15S/c1-7-76-24-22-74(5)23-25-78(45-59(81)82)29-28-77(27-26-76)44-58(80)72-54(39-49-14-12-46(2)13-15-49)63(85)67-19-10-31-91-34-36-92-35-33-90-30-9-18-66-57(79)11-8-32-93-51-37-47(3)61(48(4)38-51)94(88,89)73-55(64(86)87)42-70-62(84)53-43-75(6)56-40-50(16-17-52(56)60(53)83)41-71-65-68-20-21-69-65/h12-17,20-21,37-38,40,43,54-55,73H,7-11,18-19,22-36,39,41-42,44-45H2,1-6H3,(H,66,79)(H,67,85)(H,70,84)(H,72,80)(H,81,82)(H,86,87)(H2,68,69,71)/t54-,55?/m1/s1. The second-order valence-corrected chi connectivity index (χ2v) is 25.0. The lowest BCUT2D eigenvalue weighted by Crippen LogP contribution is -2.52. The molecule has 0 saturated carbocycles. The number of amides is 4. The van der Waals surface area contributed by atoms with Crippen molar-refractivity contribution in [3.05, 3.63) is 117 Å². The lowest BCUT2D eigenvalue weighted by atomic mass is 10.0. The second kappa shape index (κ2) is 39.1. The third-order valence-electron chi connectivity index (χ3n) is 15.8. The van der Waals surface area contributed by atoms with Crippen LogP contribution in [-0.2, 0) is 68.2 Å². The Kier molecular flexibility index (Phi) is 31.3. The Morgan fingerprint density at radius 2 is 1.30 bits per heavy atom. The summed E-state index contributed by atoms with van der Waals surface area (Å²) in [6.07, 6.45) is 6.62. The predicted octanol–water partition coefficient (Wildman–Crippen LogP) is 1.87. The normalized spacial score (nSPS) is 14.7. The number of carbonyl (C=O) groups excluding carboxylic acids is 4. The van der Waals surface area contributed by atoms with E-state index in [1.54, 1.807) is 42.2 Å². The molecule has 1 fully saturated rings. The number of carbonyl (C=O) groups is 6. The number of likely N-dealkylation sites (N-methyl/N-ethyl adjacent to an activating group) is 2. The van der Waals surface area contributed by atoms with Gasteiger partial charge in [0.1, 0.15) is 23.4 Å². The third kappa shape index (κ3) is 25.8. The number of imidazole rings is 1. The maximum atomic E-state index is 13.7. The predicted molar refractivity (Wildman–Crippen MR) is 354 cm³/mol. The van der Waals surface area contributed by atoms with Gasteiger partial charge < -0.3 is 75.1 Å². The summed E-state index contributed by atoms with van der Waals surface area (Å²) in [4.78, 5) is 106. The second-order valence-electron chi connectivity index (χ2n) is 23.4. The molecule has 9 N–H and O–H groups in total. The maximum absolute atomic E-state index is 13.7. The van der Waals surface area contributed by atoms with E-state index in [0.717, 1.165) is 49.4 Å². The van der Waals surface area contributed by atoms with Gasteiger partial charge in [-0.25, -0.2) is 13.4 Å². The largest absolute Gasteiger partial charge is 0.494 e. The molecule has 1 unspecified atom stereocenters. The number of anilines is 1. The maximum Gasteiger partial charge on any atom is 0.323 e. The van der Waals surface area contributed by atoms with Crippen LogP contribution in [0.1, 0.15) is 70.8 Å². The van der Waals surface area contributed by atoms with Gasteiger partial charge in [-0.05, 0) is 100 Å². The molecule has 2 aromatic heterocycles. The first-order valence-corrected chi connectivity index (χ1v) is 33.4. The fourth-order valence-electron chi connectivity index (χ4n) is 10.5. The molecule has 5 aromatic rings. The SMILES string of the molecule is CCN1CCN(C)CCN(CC(=O)O)CCN(CC(=O)N[C@H](Cc2ccc(C)cc2)C(=O)NCCCOCCOCCOCCCNC(=O)CCCOc2cc(C)c(S(=O)(=O)NC(CNC(=O)c3cn(C)c4cc(CNc5ncc[nH]5)ccc4c3=O)C(=O)O)c(C)c2)CC1. The van der Waals surface area contributed by atoms with Gasteiger partial charge in [0.05, 0.1) is 56.5 Å². The highest BCUT2D eigenvalue weighted by Gasteiger charge is 2.30. The molecule has 94 heavy (non-hydrogen) atoms. The fraction of sp³-hybridized carbons (Fsp3) is 0.538. The number of H-pyrrole nitrogens is 1. The number of benzene rings is 3. The number of aryl methyl sites for hydroxylation is 4. The van der Waals surface area contributed by atoms with E-state index < -0.39 is 51.9 Å². The topological polar surface area (TPSA) is 350 Å². The van der Waals surface area contributed by atoms with Crippen LogP contribution in [0.3, 0.4) is 0 Å². The van der Waals surface area contributed by atoms with Crippen molar-refractivity contribution in [3.8, 4) is 5.75 Å². The van der Waals surface area contributed by atoms with E-state index in [1.807, 2.05) is 48.0 Å². The van der Waals surface area contributed by atoms with Crippen LogP contribution in [0.15, 0.2) is 82.9 Å². The molecular weight excluding hydrogens is 1230 g/mol. The highest BCUT2D eigenvalue weighted by molar-refractivity contribution is 7.89. The molecular formula is C65H95N13O15S. The van der Waals surface area contributed by atoms with Gasteiger partial charge in [-0.1, -0.05) is 42.8 Å². The molecule has 29 heteroatoms. The quantitative estimate of drug-likeness (QED) is 0.0255. The highest BCUT2D eigenvalue weighted by Crippen LogP contribution is 2.26. The van der Waals surface area contributed by atoms with Crippen molar-refractivity contribution in [2.24, 2.45) is 7.05 Å². The van der Waals surface area contributed by atoms with E-state index in [2.05, 4.69) is 58.0 Å². The van der Waals surface area contributed by atoms with E-state index in [1.165, 1.54) is 32.2 Å². The summed E-state index contributed by atoms with van der Waals surface area (Å²) in [6, 6.07) is 13.4. The molecule has 3 heterocycles. The fourth-order valence-corrected chi connectivity index (χ4v) is 12.2. The summed E-state index contributed by atoms with van der Waals surface area (Å²) in [6.45, 7) is 16.3. The summed E-state index contributed by atoms with van der Waals surface area (Å²) in [7, 11) is -0.749. The molecule has 3 aromatic carbocycles. The summed E-state index contributed by atoms with van der Waals surface area (Å²) in [5.74, 6) is -3.14. The number of nitrogens with zero attached hydrogens (tertiary/aromatic N) is 6. The molecule has 1 aliphatic heterocycles. The Morgan fingerprint density at radius 1 is 0.691 bits per heavy atom. The van der Waals surface area contributed by atoms with Crippen LogP contribution < -0.4 is 41.5 Å². The molecule has 0 aliphatic carbocycles. The Hall–Kier alpha value is -7.87. The summed E-state index contributed by atoms with van der Waals surface area (Å²) in [5.41, 5.74) is 3.11. The number of fused-ring (bicyclic) bond motifs is 1. The average Bonchev–Trinajstić information content (AvgIpc) is 0.825. The first-order chi connectivity index (χ1) is 45.1. The minimum Gasteiger partial charge on any atom is -0.494 e. The van der Waals surface area contributed by atoms with Gasteiger partial charge in [0, 0.05) is 136 Å². The van der Waals surface area contributed by atoms with Gasteiger partial charge in [0.2, 0.25) is 33.2 Å². The zero-order chi connectivity index (χ0) is 68.0. The van der Waals surface area contributed by atoms with Crippen LogP contribution in [0.2, 0.25) is 0 Å². The van der Waals surface area contributed by atoms with Crippen molar-refractivity contribution >= 4 is 62.4 Å². The van der Waals surface area contributed by atoms with Crippen molar-refractivity contribution in [2.75, 3.05) is 150 Å². The van der Waals surface area contributed by atoms with Crippen LogP contribution in [0.4, 0.5) is 5.95 Å². The molecule has 2 atom stereocenters. The average molecular weight is 1330 g/mol. The van der Waals surface area contributed by atoms with Crippen molar-refractivity contribution in [1.29, 1.82) is 0 Å². The van der Waals surface area contributed by atoms with Crippen molar-refractivity contribution in [1.82, 2.24) is 60.1 Å². The van der Waals surface area contributed by atoms with Crippen LogP contribution >= 0.6 is 0 Å². The van der Waals surface area contributed by atoms with E-state index in [0.29, 0.717) is 128 Å². The summed E-state index contributed by atoms with van der Waals surface area (Å²) in [5, 5.41) is 34.2. The third-order valence-corrected chi connectivity index (χ3v) is 17.6. The van der Waals surface area contributed by atoms with Gasteiger partial charge >= 0.3 is 11.9 Å². The van der Waals surface area contributed by atoms with Crippen LogP contribution in [0, 0.1) is 20.8 Å². The summed E-state index contributed by atoms with van der Waals surface area (Å²) < 4.78 is 53.9. The van der Waals surface area contributed by atoms with Gasteiger partial charge in [0.15, 0.2) is 5.95 Å². The van der Waals surface area contributed by atoms with Gasteiger partial charge in [-0.15, -0.1) is 0 Å². The number of aromatic nitrogens is 3. The van der Waals surface area contributed by atoms with Gasteiger partial charge in [-0.2, -0.15) is 4.72 Å². The zero-order valence-electron chi connectivity index (χ0n) is 55.0. The van der Waals surface area contributed by atoms with Gasteiger partial charge in [-0.3, -0.25) is 43.4 Å². The first-order valence-electron chi connectivity index (χ1n) is 31.9. The molecule has 1 saturated heterocycles. The zero-order valence-corrected chi connectivity index (χ0v) is 55.8. The number of carboxylic acid groups (broad SMARTS) is 2. The molecule has 1 aliphatic rings. The van der Waals surface area contributed by atoms with Crippen LogP contribution in [0.5, 0.6) is 5.75 Å². The van der Waals surface area contributed by atoms with E-state index in [9.17, 15) is 52.2 Å². The lowest BCUT2D eigenvalue weighted by molar-refractivity contribution is -0.139. The molecule has 6 rings (SSSR count). The van der Waals surface area contributed by atoms with Crippen molar-refractivity contribution in [3.63, 3.8) is 0 Å². The van der Waals surface area contributed by atoms with Crippen LogP contribution in [0.25, 0.3) is 10.9 Å². The van der Waals surface area contributed by atoms with E-state index >= 15 is 0 Å². The number of rotatable bonds is 38. The summed E-state index contributed by atoms with van der Waals surface area (Å²) >= 11 is 0. The Labute approximate surface area is 549 Å².